The second-order valence-corrected chi connectivity index (χ2v) is 4.45. The van der Waals surface area contributed by atoms with Crippen LogP contribution in [-0.2, 0) is 19.6 Å². The smallest absolute Gasteiger partial charge is 0.0692 e. The molecule has 0 unspecified atom stereocenters. The molecule has 0 saturated carbocycles. The van der Waals surface area contributed by atoms with Crippen LogP contribution < -0.4 is 5.32 Å². The van der Waals surface area contributed by atoms with Gasteiger partial charge in [-0.3, -0.25) is 4.68 Å². The molecule has 2 aromatic heterocycles. The Kier molecular flexibility index (Phi) is 4.96. The molecule has 0 aliphatic rings. The minimum atomic E-state index is 0.920. The highest BCUT2D eigenvalue weighted by atomic mass is 15.4. The average molecular weight is 247 g/mol. The lowest BCUT2D eigenvalue weighted by molar-refractivity contribution is 0.530. The van der Waals surface area contributed by atoms with Crippen LogP contribution in [0.5, 0.6) is 0 Å². The van der Waals surface area contributed by atoms with E-state index in [1.807, 2.05) is 10.9 Å². The van der Waals surface area contributed by atoms with Gasteiger partial charge >= 0.3 is 0 Å². The Hall–Kier alpha value is -1.62. The molecule has 5 nitrogen and oxygen atoms in total. The van der Waals surface area contributed by atoms with E-state index in [1.165, 1.54) is 12.0 Å². The van der Waals surface area contributed by atoms with E-state index in [-0.39, 0.29) is 0 Å². The summed E-state index contributed by atoms with van der Waals surface area (Å²) in [6.07, 6.45) is 10.2. The summed E-state index contributed by atoms with van der Waals surface area (Å²) in [5.41, 5.74) is 1.35. The van der Waals surface area contributed by atoms with Crippen molar-refractivity contribution < 1.29 is 0 Å². The van der Waals surface area contributed by atoms with Crippen molar-refractivity contribution in [1.29, 1.82) is 0 Å². The molecule has 0 amide bonds. The molecule has 1 N–H and O–H groups in total. The summed E-state index contributed by atoms with van der Waals surface area (Å²) in [4.78, 5) is 0. The van der Waals surface area contributed by atoms with E-state index in [4.69, 9.17) is 0 Å². The van der Waals surface area contributed by atoms with Crippen LogP contribution in [-0.4, -0.2) is 26.1 Å². The van der Waals surface area contributed by atoms with Crippen LogP contribution in [0.2, 0.25) is 0 Å². The Balaban J connectivity index is 1.59. The van der Waals surface area contributed by atoms with E-state index in [1.54, 1.807) is 6.20 Å². The summed E-state index contributed by atoms with van der Waals surface area (Å²) >= 11 is 0. The molecule has 0 radical (unpaired) electrons. The van der Waals surface area contributed by atoms with Gasteiger partial charge in [0.05, 0.1) is 6.20 Å². The summed E-state index contributed by atoms with van der Waals surface area (Å²) < 4.78 is 4.10. The number of hydrogen-bond donors (Lipinski definition) is 1. The van der Waals surface area contributed by atoms with Crippen LogP contribution >= 0.6 is 0 Å². The highest BCUT2D eigenvalue weighted by Gasteiger charge is 1.96. The lowest BCUT2D eigenvalue weighted by Gasteiger charge is -2.03. The number of aryl methyl sites for hydroxylation is 2. The molecule has 0 aliphatic carbocycles. The Morgan fingerprint density at radius 3 is 3.00 bits per heavy atom. The fraction of sp³-hybridized carbons (Fsp3) is 0.538. The van der Waals surface area contributed by atoms with Crippen LogP contribution in [0.25, 0.3) is 0 Å². The molecular weight excluding hydrogens is 226 g/mol. The Morgan fingerprint density at radius 2 is 2.22 bits per heavy atom. The van der Waals surface area contributed by atoms with Crippen LogP contribution in [0, 0.1) is 0 Å². The topological polar surface area (TPSA) is 47.7 Å². The van der Waals surface area contributed by atoms with Crippen LogP contribution in [0.3, 0.4) is 0 Å². The van der Waals surface area contributed by atoms with Gasteiger partial charge in [0.25, 0.3) is 0 Å². The fourth-order valence-electron chi connectivity index (χ4n) is 1.94. The minimum Gasteiger partial charge on any atom is -0.354 e. The zero-order chi connectivity index (χ0) is 12.6. The van der Waals surface area contributed by atoms with Crippen molar-refractivity contribution in [2.75, 3.05) is 6.54 Å². The summed E-state index contributed by atoms with van der Waals surface area (Å²) in [5, 5.41) is 11.2. The predicted molar refractivity (Wildman–Crippen MR) is 71.1 cm³/mol. The van der Waals surface area contributed by atoms with Crippen molar-refractivity contribution in [2.24, 2.45) is 0 Å². The van der Waals surface area contributed by atoms with Crippen molar-refractivity contribution in [3.05, 3.63) is 36.4 Å². The van der Waals surface area contributed by atoms with Crippen molar-refractivity contribution in [3.8, 4) is 0 Å². The van der Waals surface area contributed by atoms with Crippen LogP contribution in [0.4, 0.5) is 0 Å². The van der Waals surface area contributed by atoms with E-state index < -0.39 is 0 Å². The number of aromatic nitrogens is 4. The Morgan fingerprint density at radius 1 is 1.28 bits per heavy atom. The van der Waals surface area contributed by atoms with E-state index in [0.717, 1.165) is 32.6 Å². The quantitative estimate of drug-likeness (QED) is 0.722. The third-order valence-corrected chi connectivity index (χ3v) is 2.84. The van der Waals surface area contributed by atoms with E-state index in [0.29, 0.717) is 0 Å². The largest absolute Gasteiger partial charge is 0.354 e. The molecule has 0 saturated heterocycles. The van der Waals surface area contributed by atoms with E-state index >= 15 is 0 Å². The maximum atomic E-state index is 3.93. The summed E-state index contributed by atoms with van der Waals surface area (Å²) in [7, 11) is 0. The third kappa shape index (κ3) is 4.00. The number of nitrogens with one attached hydrogen (secondary N) is 1. The second kappa shape index (κ2) is 6.96. The standard InChI is InChI=1S/C13H21N5/c1-2-7-17-9-4-13(12-17)11-14-5-3-8-18-10-6-15-16-18/h4,6,9-10,12,14H,2-3,5,7-8,11H2,1H3. The molecule has 0 atom stereocenters. The van der Waals surface area contributed by atoms with Crippen molar-refractivity contribution in [2.45, 2.75) is 39.4 Å². The number of hydrogen-bond acceptors (Lipinski definition) is 3. The summed E-state index contributed by atoms with van der Waals surface area (Å²) in [6, 6.07) is 2.18. The predicted octanol–water partition coefficient (Wildman–Crippen LogP) is 1.67. The molecule has 18 heavy (non-hydrogen) atoms. The molecule has 2 aromatic rings. The normalized spacial score (nSPS) is 10.9. The molecule has 98 valence electrons. The van der Waals surface area contributed by atoms with Crippen LogP contribution in [0.15, 0.2) is 30.9 Å². The fourth-order valence-corrected chi connectivity index (χ4v) is 1.94. The molecule has 0 aromatic carbocycles. The van der Waals surface area contributed by atoms with E-state index in [2.05, 4.69) is 45.6 Å². The number of rotatable bonds is 8. The van der Waals surface area contributed by atoms with Gasteiger partial charge in [-0.2, -0.15) is 0 Å². The van der Waals surface area contributed by atoms with Crippen LogP contribution in [0.1, 0.15) is 25.3 Å². The molecule has 0 spiro atoms. The van der Waals surface area contributed by atoms with Gasteiger partial charge in [-0.05, 0) is 31.0 Å². The van der Waals surface area contributed by atoms with Gasteiger partial charge in [-0.25, -0.2) is 0 Å². The Labute approximate surface area is 108 Å². The van der Waals surface area contributed by atoms with E-state index in [9.17, 15) is 0 Å². The minimum absolute atomic E-state index is 0.920. The maximum Gasteiger partial charge on any atom is 0.0692 e. The lowest BCUT2D eigenvalue weighted by Crippen LogP contribution is -2.16. The Bertz CT molecular complexity index is 432. The first kappa shape index (κ1) is 12.8. The van der Waals surface area contributed by atoms with Gasteiger partial charge in [0.2, 0.25) is 0 Å². The SMILES string of the molecule is CCCn1ccc(CNCCCn2ccnn2)c1. The highest BCUT2D eigenvalue weighted by molar-refractivity contribution is 5.09. The average Bonchev–Trinajstić information content (AvgIpc) is 3.01. The van der Waals surface area contributed by atoms with Gasteiger partial charge in [0, 0.05) is 38.2 Å². The zero-order valence-electron chi connectivity index (χ0n) is 10.9. The van der Waals surface area contributed by atoms with Gasteiger partial charge in [-0.15, -0.1) is 5.10 Å². The third-order valence-electron chi connectivity index (χ3n) is 2.84. The van der Waals surface area contributed by atoms with Crippen molar-refractivity contribution in [1.82, 2.24) is 24.9 Å². The van der Waals surface area contributed by atoms with Crippen molar-refractivity contribution in [3.63, 3.8) is 0 Å². The number of nitrogens with zero attached hydrogens (tertiary/aromatic N) is 4. The summed E-state index contributed by atoms with van der Waals surface area (Å²) in [5.74, 6) is 0. The zero-order valence-corrected chi connectivity index (χ0v) is 10.9. The molecule has 2 heterocycles. The highest BCUT2D eigenvalue weighted by Crippen LogP contribution is 2.01. The van der Waals surface area contributed by atoms with Gasteiger partial charge < -0.3 is 9.88 Å². The molecule has 0 fully saturated rings. The first-order chi connectivity index (χ1) is 8.88. The summed E-state index contributed by atoms with van der Waals surface area (Å²) in [6.45, 7) is 6.16. The molecule has 0 aliphatic heterocycles. The first-order valence-corrected chi connectivity index (χ1v) is 6.58. The van der Waals surface area contributed by atoms with Gasteiger partial charge in [0.1, 0.15) is 0 Å². The molecule has 5 heteroatoms. The van der Waals surface area contributed by atoms with Crippen molar-refractivity contribution >= 4 is 0 Å². The molecule has 2 rings (SSSR count). The monoisotopic (exact) mass is 247 g/mol. The maximum absolute atomic E-state index is 3.93. The first-order valence-electron chi connectivity index (χ1n) is 6.58. The van der Waals surface area contributed by atoms with Gasteiger partial charge in [0.15, 0.2) is 0 Å². The van der Waals surface area contributed by atoms with Gasteiger partial charge in [-0.1, -0.05) is 12.1 Å². The second-order valence-electron chi connectivity index (χ2n) is 4.45. The molecule has 0 bridgehead atoms. The molecular formula is C13H21N5. The lowest BCUT2D eigenvalue weighted by atomic mass is 10.3.